The van der Waals surface area contributed by atoms with Crippen LogP contribution >= 0.6 is 0 Å². The van der Waals surface area contributed by atoms with Crippen molar-refractivity contribution in [3.63, 3.8) is 0 Å². The second-order valence-electron chi connectivity index (χ2n) is 5.93. The first kappa shape index (κ1) is 15.1. The van der Waals surface area contributed by atoms with Gasteiger partial charge in [-0.1, -0.05) is 24.5 Å². The van der Waals surface area contributed by atoms with E-state index in [0.29, 0.717) is 12.6 Å². The molecule has 1 saturated carbocycles. The van der Waals surface area contributed by atoms with Crippen LogP contribution in [0.4, 0.5) is 0 Å². The molecule has 2 rings (SSSR count). The predicted octanol–water partition coefficient (Wildman–Crippen LogP) is 2.44. The molecule has 1 fully saturated rings. The molecule has 2 aliphatic rings. The fraction of sp³-hybridized carbons (Fsp3) is 0.750. The highest BCUT2D eigenvalue weighted by Gasteiger charge is 2.18. The Hall–Kier alpha value is -1.32. The first-order valence-corrected chi connectivity index (χ1v) is 7.98. The maximum absolute atomic E-state index is 11.7. The Morgan fingerprint density at radius 1 is 1.10 bits per heavy atom. The Balaban J connectivity index is 1.57. The Bertz CT molecular complexity index is 371. The van der Waals surface area contributed by atoms with E-state index < -0.39 is 0 Å². The lowest BCUT2D eigenvalue weighted by Gasteiger charge is -2.14. The fourth-order valence-electron chi connectivity index (χ4n) is 3.05. The van der Waals surface area contributed by atoms with E-state index in [-0.39, 0.29) is 18.2 Å². The third-order valence-corrected chi connectivity index (χ3v) is 4.19. The van der Waals surface area contributed by atoms with Gasteiger partial charge in [-0.15, -0.1) is 0 Å². The van der Waals surface area contributed by atoms with Gasteiger partial charge >= 0.3 is 0 Å². The number of hydrogen-bond acceptors (Lipinski definition) is 2. The topological polar surface area (TPSA) is 58.2 Å². The van der Waals surface area contributed by atoms with Gasteiger partial charge in [0.2, 0.25) is 11.8 Å². The van der Waals surface area contributed by atoms with E-state index in [0.717, 1.165) is 25.7 Å². The van der Waals surface area contributed by atoms with Crippen molar-refractivity contribution in [3.05, 3.63) is 11.6 Å². The summed E-state index contributed by atoms with van der Waals surface area (Å²) in [4.78, 5) is 23.4. The number of carbonyl (C=O) groups is 2. The summed E-state index contributed by atoms with van der Waals surface area (Å²) in [5, 5.41) is 5.78. The van der Waals surface area contributed by atoms with Crippen molar-refractivity contribution in [2.45, 2.75) is 70.3 Å². The van der Waals surface area contributed by atoms with Gasteiger partial charge in [0.1, 0.15) is 6.42 Å². The van der Waals surface area contributed by atoms with Crippen LogP contribution in [0.1, 0.15) is 64.2 Å². The van der Waals surface area contributed by atoms with Crippen molar-refractivity contribution in [1.29, 1.82) is 0 Å². The number of amides is 2. The minimum absolute atomic E-state index is 0.0322. The summed E-state index contributed by atoms with van der Waals surface area (Å²) < 4.78 is 0. The molecule has 20 heavy (non-hydrogen) atoms. The lowest BCUT2D eigenvalue weighted by Crippen LogP contribution is -2.37. The zero-order chi connectivity index (χ0) is 14.2. The quantitative estimate of drug-likeness (QED) is 0.579. The molecule has 0 spiro atoms. The molecule has 4 heteroatoms. The smallest absolute Gasteiger partial charge is 0.229 e. The van der Waals surface area contributed by atoms with E-state index in [9.17, 15) is 9.59 Å². The Morgan fingerprint density at radius 2 is 1.90 bits per heavy atom. The molecule has 0 unspecified atom stereocenters. The zero-order valence-electron chi connectivity index (χ0n) is 12.2. The summed E-state index contributed by atoms with van der Waals surface area (Å²) in [5.74, 6) is -0.289. The van der Waals surface area contributed by atoms with Crippen LogP contribution in [0.5, 0.6) is 0 Å². The van der Waals surface area contributed by atoms with Crippen molar-refractivity contribution in [3.8, 4) is 0 Å². The van der Waals surface area contributed by atoms with Crippen LogP contribution in [0.2, 0.25) is 0 Å². The van der Waals surface area contributed by atoms with Gasteiger partial charge in [-0.2, -0.15) is 0 Å². The van der Waals surface area contributed by atoms with Gasteiger partial charge in [0, 0.05) is 12.6 Å². The van der Waals surface area contributed by atoms with Crippen molar-refractivity contribution in [2.75, 3.05) is 6.54 Å². The maximum Gasteiger partial charge on any atom is 0.229 e. The van der Waals surface area contributed by atoms with Crippen LogP contribution in [0.3, 0.4) is 0 Å². The average molecular weight is 278 g/mol. The van der Waals surface area contributed by atoms with Crippen LogP contribution in [-0.2, 0) is 9.59 Å². The molecule has 0 aliphatic heterocycles. The Kier molecular flexibility index (Phi) is 6.09. The molecule has 2 N–H and O–H groups in total. The summed E-state index contributed by atoms with van der Waals surface area (Å²) in [6.45, 7) is 0.654. The van der Waals surface area contributed by atoms with E-state index in [2.05, 4.69) is 16.7 Å². The fourth-order valence-corrected chi connectivity index (χ4v) is 3.05. The third kappa shape index (κ3) is 5.35. The second kappa shape index (κ2) is 8.08. The molecule has 112 valence electrons. The van der Waals surface area contributed by atoms with E-state index in [4.69, 9.17) is 0 Å². The highest BCUT2D eigenvalue weighted by molar-refractivity contribution is 5.96. The molecule has 0 radical (unpaired) electrons. The molecular weight excluding hydrogens is 252 g/mol. The SMILES string of the molecule is O=C(CC(=O)NC1CCCC1)NCCC1=CCCCC1. The molecule has 0 atom stereocenters. The van der Waals surface area contributed by atoms with E-state index in [1.54, 1.807) is 0 Å². The summed E-state index contributed by atoms with van der Waals surface area (Å²) in [6.07, 6.45) is 12.6. The Labute approximate surface area is 121 Å². The zero-order valence-corrected chi connectivity index (χ0v) is 12.2. The number of nitrogens with one attached hydrogen (secondary N) is 2. The molecule has 0 bridgehead atoms. The molecule has 2 amide bonds. The highest BCUT2D eigenvalue weighted by atomic mass is 16.2. The van der Waals surface area contributed by atoms with Crippen LogP contribution in [0.25, 0.3) is 0 Å². The average Bonchev–Trinajstić information content (AvgIpc) is 2.92. The standard InChI is InChI=1S/C16H26N2O2/c19-15(12-16(20)18-14-8-4-5-9-14)17-11-10-13-6-2-1-3-7-13/h6,14H,1-5,7-12H2,(H,17,19)(H,18,20). The summed E-state index contributed by atoms with van der Waals surface area (Å²) >= 11 is 0. The number of rotatable bonds is 6. The molecule has 0 aromatic heterocycles. The van der Waals surface area contributed by atoms with E-state index in [1.165, 1.54) is 37.7 Å². The van der Waals surface area contributed by atoms with Gasteiger partial charge in [0.05, 0.1) is 0 Å². The lowest BCUT2D eigenvalue weighted by atomic mass is 9.97. The normalized spacial score (nSPS) is 19.5. The monoisotopic (exact) mass is 278 g/mol. The van der Waals surface area contributed by atoms with Crippen molar-refractivity contribution >= 4 is 11.8 Å². The van der Waals surface area contributed by atoms with Gasteiger partial charge in [-0.3, -0.25) is 9.59 Å². The van der Waals surface area contributed by atoms with Crippen molar-refractivity contribution in [1.82, 2.24) is 10.6 Å². The van der Waals surface area contributed by atoms with Gasteiger partial charge in [-0.05, 0) is 44.9 Å². The van der Waals surface area contributed by atoms with E-state index >= 15 is 0 Å². The van der Waals surface area contributed by atoms with Crippen molar-refractivity contribution in [2.24, 2.45) is 0 Å². The lowest BCUT2D eigenvalue weighted by molar-refractivity contribution is -0.129. The van der Waals surface area contributed by atoms with Gasteiger partial charge in [0.15, 0.2) is 0 Å². The largest absolute Gasteiger partial charge is 0.355 e. The minimum Gasteiger partial charge on any atom is -0.355 e. The van der Waals surface area contributed by atoms with Crippen LogP contribution in [0, 0.1) is 0 Å². The van der Waals surface area contributed by atoms with Crippen LogP contribution in [0.15, 0.2) is 11.6 Å². The summed E-state index contributed by atoms with van der Waals surface area (Å²) in [7, 11) is 0. The van der Waals surface area contributed by atoms with Gasteiger partial charge < -0.3 is 10.6 Å². The summed E-state index contributed by atoms with van der Waals surface area (Å²) in [6, 6.07) is 0.294. The first-order valence-electron chi connectivity index (χ1n) is 7.98. The van der Waals surface area contributed by atoms with Gasteiger partial charge in [-0.25, -0.2) is 0 Å². The number of allylic oxidation sites excluding steroid dienone is 1. The van der Waals surface area contributed by atoms with Crippen LogP contribution < -0.4 is 10.6 Å². The highest BCUT2D eigenvalue weighted by Crippen LogP contribution is 2.19. The minimum atomic E-state index is -0.156. The van der Waals surface area contributed by atoms with Crippen LogP contribution in [-0.4, -0.2) is 24.4 Å². The molecule has 0 heterocycles. The number of carbonyl (C=O) groups excluding carboxylic acids is 2. The Morgan fingerprint density at radius 3 is 2.60 bits per heavy atom. The summed E-state index contributed by atoms with van der Waals surface area (Å²) in [5.41, 5.74) is 1.45. The van der Waals surface area contributed by atoms with E-state index in [1.807, 2.05) is 0 Å². The molecule has 4 nitrogen and oxygen atoms in total. The maximum atomic E-state index is 11.7. The molecular formula is C16H26N2O2. The molecule has 0 saturated heterocycles. The molecule has 2 aliphatic carbocycles. The third-order valence-electron chi connectivity index (χ3n) is 4.19. The van der Waals surface area contributed by atoms with Gasteiger partial charge in [0.25, 0.3) is 0 Å². The predicted molar refractivity (Wildman–Crippen MR) is 79.2 cm³/mol. The second-order valence-corrected chi connectivity index (χ2v) is 5.93. The van der Waals surface area contributed by atoms with Crippen molar-refractivity contribution < 1.29 is 9.59 Å². The molecule has 0 aromatic rings. The molecule has 0 aromatic carbocycles. The first-order chi connectivity index (χ1) is 9.74. The number of hydrogen-bond donors (Lipinski definition) is 2.